The smallest absolute Gasteiger partial charge is 0.191 e. The molecule has 0 atom stereocenters. The first-order chi connectivity index (χ1) is 7.65. The predicted molar refractivity (Wildman–Crippen MR) is 69.2 cm³/mol. The van der Waals surface area contributed by atoms with Crippen LogP contribution in [-0.2, 0) is 0 Å². The van der Waals surface area contributed by atoms with Gasteiger partial charge in [0, 0.05) is 18.7 Å². The standard InChI is InChI=1S/C11H18N4S/c1-11(5-4-6-11)15-9-7-8(12-2)13-10(14-9)16-3/h7H,4-6H2,1-3H3,(H2,12,13,14,15). The number of nitrogens with zero attached hydrogens (tertiary/aromatic N) is 2. The second kappa shape index (κ2) is 4.49. The van der Waals surface area contributed by atoms with Crippen molar-refractivity contribution in [3.63, 3.8) is 0 Å². The van der Waals surface area contributed by atoms with Crippen LogP contribution in [0.3, 0.4) is 0 Å². The van der Waals surface area contributed by atoms with Gasteiger partial charge in [0.25, 0.3) is 0 Å². The van der Waals surface area contributed by atoms with E-state index in [-0.39, 0.29) is 5.54 Å². The Labute approximate surface area is 101 Å². The van der Waals surface area contributed by atoms with Gasteiger partial charge in [-0.2, -0.15) is 0 Å². The van der Waals surface area contributed by atoms with Crippen molar-refractivity contribution in [2.24, 2.45) is 0 Å². The van der Waals surface area contributed by atoms with Crippen LogP contribution in [0.2, 0.25) is 0 Å². The van der Waals surface area contributed by atoms with Crippen LogP contribution in [0.5, 0.6) is 0 Å². The minimum atomic E-state index is 0.231. The quantitative estimate of drug-likeness (QED) is 0.624. The first-order valence-corrected chi connectivity index (χ1v) is 6.77. The highest BCUT2D eigenvalue weighted by molar-refractivity contribution is 7.98. The van der Waals surface area contributed by atoms with Gasteiger partial charge in [-0.25, -0.2) is 9.97 Å². The summed E-state index contributed by atoms with van der Waals surface area (Å²) in [6, 6.07) is 1.96. The number of rotatable bonds is 4. The maximum absolute atomic E-state index is 4.47. The molecule has 0 saturated heterocycles. The molecule has 5 heteroatoms. The largest absolute Gasteiger partial charge is 0.373 e. The topological polar surface area (TPSA) is 49.8 Å². The van der Waals surface area contributed by atoms with Gasteiger partial charge in [0.15, 0.2) is 5.16 Å². The van der Waals surface area contributed by atoms with Gasteiger partial charge in [-0.15, -0.1) is 0 Å². The fourth-order valence-corrected chi connectivity index (χ4v) is 2.23. The first-order valence-electron chi connectivity index (χ1n) is 5.54. The molecule has 1 fully saturated rings. The van der Waals surface area contributed by atoms with E-state index >= 15 is 0 Å². The molecule has 2 N–H and O–H groups in total. The summed E-state index contributed by atoms with van der Waals surface area (Å²) < 4.78 is 0. The molecule has 0 spiro atoms. The molecule has 0 unspecified atom stereocenters. The van der Waals surface area contributed by atoms with Crippen molar-refractivity contribution in [2.75, 3.05) is 23.9 Å². The van der Waals surface area contributed by atoms with Crippen molar-refractivity contribution in [2.45, 2.75) is 36.9 Å². The van der Waals surface area contributed by atoms with Crippen LogP contribution >= 0.6 is 11.8 Å². The Balaban J connectivity index is 2.18. The summed E-state index contributed by atoms with van der Waals surface area (Å²) in [5, 5.41) is 7.36. The molecule has 1 heterocycles. The molecule has 0 bridgehead atoms. The number of anilines is 2. The minimum Gasteiger partial charge on any atom is -0.373 e. The fraction of sp³-hybridized carbons (Fsp3) is 0.636. The lowest BCUT2D eigenvalue weighted by atomic mass is 9.78. The zero-order chi connectivity index (χ0) is 11.6. The number of aromatic nitrogens is 2. The average Bonchev–Trinajstić information content (AvgIpc) is 2.26. The summed E-state index contributed by atoms with van der Waals surface area (Å²) in [5.41, 5.74) is 0.231. The molecule has 1 aromatic rings. The van der Waals surface area contributed by atoms with Gasteiger partial charge in [0.1, 0.15) is 11.6 Å². The molecule has 0 aromatic carbocycles. The van der Waals surface area contributed by atoms with Crippen molar-refractivity contribution < 1.29 is 0 Å². The molecule has 1 aromatic heterocycles. The van der Waals surface area contributed by atoms with E-state index in [0.29, 0.717) is 0 Å². The Kier molecular flexibility index (Phi) is 3.23. The molecule has 88 valence electrons. The van der Waals surface area contributed by atoms with Gasteiger partial charge < -0.3 is 10.6 Å². The van der Waals surface area contributed by atoms with Crippen molar-refractivity contribution in [1.29, 1.82) is 0 Å². The molecule has 1 saturated carbocycles. The van der Waals surface area contributed by atoms with Crippen molar-refractivity contribution >= 4 is 23.4 Å². The van der Waals surface area contributed by atoms with Crippen molar-refractivity contribution in [3.8, 4) is 0 Å². The molecular formula is C11H18N4S. The Bertz CT molecular complexity index is 354. The van der Waals surface area contributed by atoms with Crippen LogP contribution in [0.25, 0.3) is 0 Å². The summed E-state index contributed by atoms with van der Waals surface area (Å²) in [7, 11) is 1.88. The number of thioether (sulfide) groups is 1. The van der Waals surface area contributed by atoms with Gasteiger partial charge in [-0.05, 0) is 32.4 Å². The van der Waals surface area contributed by atoms with Crippen molar-refractivity contribution in [1.82, 2.24) is 9.97 Å². The Morgan fingerprint density at radius 2 is 2.00 bits per heavy atom. The van der Waals surface area contributed by atoms with Crippen LogP contribution in [0.4, 0.5) is 11.6 Å². The SMILES string of the molecule is CNc1cc(NC2(C)CCC2)nc(SC)n1. The fourth-order valence-electron chi connectivity index (χ4n) is 1.85. The lowest BCUT2D eigenvalue weighted by Gasteiger charge is -2.39. The zero-order valence-electron chi connectivity index (χ0n) is 10.0. The summed E-state index contributed by atoms with van der Waals surface area (Å²) in [6.07, 6.45) is 5.74. The normalized spacial score (nSPS) is 17.7. The third-order valence-corrected chi connectivity index (χ3v) is 3.58. The van der Waals surface area contributed by atoms with Crippen LogP contribution in [-0.4, -0.2) is 28.8 Å². The van der Waals surface area contributed by atoms with E-state index in [1.54, 1.807) is 11.8 Å². The zero-order valence-corrected chi connectivity index (χ0v) is 10.8. The van der Waals surface area contributed by atoms with Gasteiger partial charge in [0.2, 0.25) is 0 Å². The molecule has 16 heavy (non-hydrogen) atoms. The number of nitrogens with one attached hydrogen (secondary N) is 2. The highest BCUT2D eigenvalue weighted by atomic mass is 32.2. The van der Waals surface area contributed by atoms with Gasteiger partial charge in [0.05, 0.1) is 0 Å². The monoisotopic (exact) mass is 238 g/mol. The van der Waals surface area contributed by atoms with Crippen molar-refractivity contribution in [3.05, 3.63) is 6.07 Å². The third-order valence-electron chi connectivity index (χ3n) is 3.03. The van der Waals surface area contributed by atoms with Gasteiger partial charge in [-0.1, -0.05) is 11.8 Å². The molecule has 2 rings (SSSR count). The summed E-state index contributed by atoms with van der Waals surface area (Å²) in [6.45, 7) is 2.25. The Hall–Kier alpha value is -0.970. The van der Waals surface area contributed by atoms with E-state index < -0.39 is 0 Å². The molecular weight excluding hydrogens is 220 g/mol. The minimum absolute atomic E-state index is 0.231. The third kappa shape index (κ3) is 2.40. The van der Waals surface area contributed by atoms with Crippen LogP contribution in [0.15, 0.2) is 11.2 Å². The van der Waals surface area contributed by atoms with E-state index in [4.69, 9.17) is 0 Å². The average molecular weight is 238 g/mol. The molecule has 0 aliphatic heterocycles. The summed E-state index contributed by atoms with van der Waals surface area (Å²) >= 11 is 1.56. The molecule has 1 aliphatic carbocycles. The van der Waals surface area contributed by atoms with E-state index in [2.05, 4.69) is 27.5 Å². The van der Waals surface area contributed by atoms with Gasteiger partial charge >= 0.3 is 0 Å². The van der Waals surface area contributed by atoms with E-state index in [1.807, 2.05) is 19.4 Å². The van der Waals surface area contributed by atoms with Crippen LogP contribution in [0, 0.1) is 0 Å². The second-order valence-electron chi connectivity index (χ2n) is 4.41. The second-order valence-corrected chi connectivity index (χ2v) is 5.19. The molecule has 0 radical (unpaired) electrons. The predicted octanol–water partition coefficient (Wildman–Crippen LogP) is 2.59. The Morgan fingerprint density at radius 1 is 1.31 bits per heavy atom. The van der Waals surface area contributed by atoms with E-state index in [9.17, 15) is 0 Å². The summed E-state index contributed by atoms with van der Waals surface area (Å²) in [4.78, 5) is 8.81. The maximum atomic E-state index is 4.47. The molecule has 0 amide bonds. The maximum Gasteiger partial charge on any atom is 0.191 e. The lowest BCUT2D eigenvalue weighted by Crippen LogP contribution is -2.41. The van der Waals surface area contributed by atoms with Crippen LogP contribution < -0.4 is 10.6 Å². The Morgan fingerprint density at radius 3 is 2.50 bits per heavy atom. The van der Waals surface area contributed by atoms with Gasteiger partial charge in [-0.3, -0.25) is 0 Å². The summed E-state index contributed by atoms with van der Waals surface area (Å²) in [5.74, 6) is 1.79. The van der Waals surface area contributed by atoms with Crippen LogP contribution in [0.1, 0.15) is 26.2 Å². The van der Waals surface area contributed by atoms with E-state index in [1.165, 1.54) is 19.3 Å². The lowest BCUT2D eigenvalue weighted by molar-refractivity contribution is 0.305. The molecule has 4 nitrogen and oxygen atoms in total. The number of hydrogen-bond acceptors (Lipinski definition) is 5. The highest BCUT2D eigenvalue weighted by Crippen LogP contribution is 2.34. The number of hydrogen-bond donors (Lipinski definition) is 2. The highest BCUT2D eigenvalue weighted by Gasteiger charge is 2.31. The first kappa shape index (κ1) is 11.5. The molecule has 1 aliphatic rings. The van der Waals surface area contributed by atoms with E-state index in [0.717, 1.165) is 16.8 Å².